The van der Waals surface area contributed by atoms with Crippen LogP contribution in [-0.2, 0) is 14.3 Å². The van der Waals surface area contributed by atoms with Crippen LogP contribution in [0.5, 0.6) is 0 Å². The molecule has 0 radical (unpaired) electrons. The number of nitrogens with one attached hydrogen (secondary N) is 1. The molecular weight excluding hydrogens is 314 g/mol. The van der Waals surface area contributed by atoms with Gasteiger partial charge in [-0.1, -0.05) is 6.92 Å². The number of carbonyl (C=O) groups excluding carboxylic acids is 2. The average molecular weight is 343 g/mol. The monoisotopic (exact) mass is 343 g/mol. The Labute approximate surface area is 143 Å². The van der Waals surface area contributed by atoms with Crippen molar-refractivity contribution in [1.82, 2.24) is 15.1 Å². The van der Waals surface area contributed by atoms with E-state index in [2.05, 4.69) is 12.2 Å². The zero-order valence-corrected chi connectivity index (χ0v) is 14.9. The van der Waals surface area contributed by atoms with Gasteiger partial charge in [-0.25, -0.2) is 0 Å². The van der Waals surface area contributed by atoms with E-state index in [-0.39, 0.29) is 11.8 Å². The van der Waals surface area contributed by atoms with Crippen molar-refractivity contribution in [3.8, 4) is 0 Å². The van der Waals surface area contributed by atoms with Crippen LogP contribution >= 0.6 is 11.8 Å². The molecule has 1 N–H and O–H groups in total. The molecule has 0 bridgehead atoms. The third kappa shape index (κ3) is 5.97. The van der Waals surface area contributed by atoms with Crippen LogP contribution in [0.1, 0.15) is 26.2 Å². The van der Waals surface area contributed by atoms with Crippen molar-refractivity contribution in [3.05, 3.63) is 0 Å². The van der Waals surface area contributed by atoms with E-state index in [4.69, 9.17) is 4.74 Å². The van der Waals surface area contributed by atoms with Gasteiger partial charge in [-0.2, -0.15) is 0 Å². The Kier molecular flexibility index (Phi) is 8.19. The number of carbonyl (C=O) groups is 2. The lowest BCUT2D eigenvalue weighted by atomic mass is 10.0. The van der Waals surface area contributed by atoms with Crippen molar-refractivity contribution < 1.29 is 14.3 Å². The van der Waals surface area contributed by atoms with Crippen molar-refractivity contribution in [3.63, 3.8) is 0 Å². The Morgan fingerprint density at radius 1 is 1.22 bits per heavy atom. The first-order chi connectivity index (χ1) is 11.2. The number of amides is 2. The topological polar surface area (TPSA) is 61.9 Å². The molecule has 2 heterocycles. The Hall–Kier alpha value is -0.790. The highest BCUT2D eigenvalue weighted by Crippen LogP contribution is 2.15. The molecule has 0 aromatic carbocycles. The molecule has 0 aliphatic carbocycles. The zero-order valence-electron chi connectivity index (χ0n) is 14.1. The third-order valence-corrected chi connectivity index (χ3v) is 5.25. The van der Waals surface area contributed by atoms with Gasteiger partial charge in [0.2, 0.25) is 11.8 Å². The summed E-state index contributed by atoms with van der Waals surface area (Å²) in [6.45, 7) is 7.49. The lowest BCUT2D eigenvalue weighted by molar-refractivity contribution is -0.132. The third-order valence-electron chi connectivity index (χ3n) is 4.35. The molecule has 2 rings (SSSR count). The molecule has 0 aromatic rings. The molecule has 0 atom stereocenters. The van der Waals surface area contributed by atoms with E-state index in [1.165, 1.54) is 11.8 Å². The van der Waals surface area contributed by atoms with Crippen LogP contribution in [0.15, 0.2) is 0 Å². The van der Waals surface area contributed by atoms with Gasteiger partial charge in [0.25, 0.3) is 0 Å². The van der Waals surface area contributed by atoms with Crippen LogP contribution in [0.3, 0.4) is 0 Å². The lowest BCUT2D eigenvalue weighted by Gasteiger charge is -2.34. The second kappa shape index (κ2) is 10.2. The number of thioether (sulfide) groups is 1. The minimum absolute atomic E-state index is 0.120. The van der Waals surface area contributed by atoms with Gasteiger partial charge in [0.05, 0.1) is 24.7 Å². The average Bonchev–Trinajstić information content (AvgIpc) is 2.61. The Morgan fingerprint density at radius 3 is 2.57 bits per heavy atom. The summed E-state index contributed by atoms with van der Waals surface area (Å²) >= 11 is 1.44. The fraction of sp³-hybridized carbons (Fsp3) is 0.875. The minimum Gasteiger partial charge on any atom is -0.378 e. The summed E-state index contributed by atoms with van der Waals surface area (Å²) in [7, 11) is 0. The van der Waals surface area contributed by atoms with E-state index in [9.17, 15) is 9.59 Å². The molecule has 2 aliphatic rings. The first-order valence-corrected chi connectivity index (χ1v) is 9.81. The van der Waals surface area contributed by atoms with Gasteiger partial charge in [0.15, 0.2) is 0 Å². The van der Waals surface area contributed by atoms with Gasteiger partial charge in [0.1, 0.15) is 0 Å². The van der Waals surface area contributed by atoms with Crippen molar-refractivity contribution in [2.75, 3.05) is 57.4 Å². The predicted octanol–water partition coefficient (Wildman–Crippen LogP) is 0.569. The fourth-order valence-corrected chi connectivity index (χ4v) is 3.88. The van der Waals surface area contributed by atoms with Crippen molar-refractivity contribution in [2.45, 2.75) is 32.2 Å². The first-order valence-electron chi connectivity index (χ1n) is 8.65. The highest BCUT2D eigenvalue weighted by molar-refractivity contribution is 8.00. The summed E-state index contributed by atoms with van der Waals surface area (Å²) in [6, 6.07) is 0.360. The number of hydrogen-bond acceptors (Lipinski definition) is 5. The Balaban J connectivity index is 1.73. The number of hydrogen-bond donors (Lipinski definition) is 1. The maximum atomic E-state index is 12.5. The van der Waals surface area contributed by atoms with E-state index < -0.39 is 0 Å². The fourth-order valence-electron chi connectivity index (χ4n) is 3.08. The molecular formula is C16H29N3O3S. The van der Waals surface area contributed by atoms with Crippen LogP contribution in [0.2, 0.25) is 0 Å². The molecule has 2 saturated heterocycles. The highest BCUT2D eigenvalue weighted by atomic mass is 32.2. The maximum Gasteiger partial charge on any atom is 0.232 e. The molecule has 0 unspecified atom stereocenters. The maximum absolute atomic E-state index is 12.5. The molecule has 132 valence electrons. The summed E-state index contributed by atoms with van der Waals surface area (Å²) in [5, 5.41) is 3.34. The van der Waals surface area contributed by atoms with Crippen LogP contribution in [0.25, 0.3) is 0 Å². The smallest absolute Gasteiger partial charge is 0.232 e. The standard InChI is InChI=1S/C16H29N3O3S/c1-2-7-19(14-3-5-17-6-4-14)16(21)13-23-12-15(20)18-8-10-22-11-9-18/h14,17H,2-13H2,1H3. The van der Waals surface area contributed by atoms with Crippen LogP contribution in [-0.4, -0.2) is 85.1 Å². The predicted molar refractivity (Wildman–Crippen MR) is 92.6 cm³/mol. The molecule has 2 fully saturated rings. The Bertz CT molecular complexity index is 383. The Morgan fingerprint density at radius 2 is 1.91 bits per heavy atom. The lowest BCUT2D eigenvalue weighted by Crippen LogP contribution is -2.47. The number of rotatable bonds is 7. The number of nitrogens with zero attached hydrogens (tertiary/aromatic N) is 2. The number of piperidine rings is 1. The van der Waals surface area contributed by atoms with Gasteiger partial charge in [-0.05, 0) is 32.4 Å². The van der Waals surface area contributed by atoms with E-state index in [0.717, 1.165) is 38.9 Å². The largest absolute Gasteiger partial charge is 0.378 e. The van der Waals surface area contributed by atoms with Crippen molar-refractivity contribution >= 4 is 23.6 Å². The van der Waals surface area contributed by atoms with Gasteiger partial charge in [0, 0.05) is 25.7 Å². The molecule has 2 aliphatic heterocycles. The van der Waals surface area contributed by atoms with Crippen molar-refractivity contribution in [2.24, 2.45) is 0 Å². The summed E-state index contributed by atoms with van der Waals surface area (Å²) in [6.07, 6.45) is 3.04. The number of ether oxygens (including phenoxy) is 1. The van der Waals surface area contributed by atoms with Crippen LogP contribution < -0.4 is 5.32 Å². The summed E-state index contributed by atoms with van der Waals surface area (Å²) in [5.41, 5.74) is 0. The highest BCUT2D eigenvalue weighted by Gasteiger charge is 2.25. The number of morpholine rings is 1. The van der Waals surface area contributed by atoms with E-state index in [1.54, 1.807) is 0 Å². The molecule has 7 heteroatoms. The molecule has 2 amide bonds. The van der Waals surface area contributed by atoms with E-state index in [0.29, 0.717) is 43.9 Å². The SMILES string of the molecule is CCCN(C(=O)CSCC(=O)N1CCOCC1)C1CCNCC1. The van der Waals surface area contributed by atoms with Gasteiger partial charge in [-0.3, -0.25) is 9.59 Å². The normalized spacial score (nSPS) is 19.6. The molecule has 6 nitrogen and oxygen atoms in total. The van der Waals surface area contributed by atoms with E-state index in [1.807, 2.05) is 9.80 Å². The summed E-state index contributed by atoms with van der Waals surface area (Å²) in [5.74, 6) is 1.09. The van der Waals surface area contributed by atoms with Gasteiger partial charge >= 0.3 is 0 Å². The van der Waals surface area contributed by atoms with Crippen LogP contribution in [0, 0.1) is 0 Å². The van der Waals surface area contributed by atoms with E-state index >= 15 is 0 Å². The quantitative estimate of drug-likeness (QED) is 0.732. The molecule has 0 aromatic heterocycles. The summed E-state index contributed by atoms with van der Waals surface area (Å²) in [4.78, 5) is 28.5. The van der Waals surface area contributed by atoms with Gasteiger partial charge in [-0.15, -0.1) is 11.8 Å². The second-order valence-corrected chi connectivity index (χ2v) is 7.04. The van der Waals surface area contributed by atoms with Crippen LogP contribution in [0.4, 0.5) is 0 Å². The molecule has 0 saturated carbocycles. The van der Waals surface area contributed by atoms with Gasteiger partial charge < -0.3 is 19.9 Å². The molecule has 23 heavy (non-hydrogen) atoms. The minimum atomic E-state index is 0.120. The second-order valence-electron chi connectivity index (χ2n) is 6.05. The molecule has 0 spiro atoms. The first kappa shape index (κ1) is 18.5. The zero-order chi connectivity index (χ0) is 16.5. The van der Waals surface area contributed by atoms with Crippen molar-refractivity contribution in [1.29, 1.82) is 0 Å². The summed E-state index contributed by atoms with van der Waals surface area (Å²) < 4.78 is 5.25.